The van der Waals surface area contributed by atoms with Crippen LogP contribution in [0, 0.1) is 0 Å². The first kappa shape index (κ1) is 75.5. The lowest BCUT2D eigenvalue weighted by Crippen LogP contribution is -2.68. The zero-order chi connectivity index (χ0) is 69.7. The molecule has 2 aliphatic heterocycles. The number of nitrogens with one attached hydrogen (secondary N) is 6. The molecule has 14 atom stereocenters. The van der Waals surface area contributed by atoms with Gasteiger partial charge in [-0.3, -0.25) is 28.8 Å². The number of aliphatic carboxylic acids is 2. The van der Waals surface area contributed by atoms with Gasteiger partial charge in [-0.1, -0.05) is 107 Å². The van der Waals surface area contributed by atoms with E-state index in [-0.39, 0.29) is 84.4 Å². The molecule has 2 heterocycles. The van der Waals surface area contributed by atoms with Crippen LogP contribution in [0.2, 0.25) is 0 Å². The molecule has 0 radical (unpaired) electrons. The normalized spacial score (nSPS) is 22.7. The predicted octanol–water partition coefficient (Wildman–Crippen LogP) is -0.0346. The first-order valence-corrected chi connectivity index (χ1v) is 33.7. The van der Waals surface area contributed by atoms with E-state index in [1.54, 1.807) is 48.5 Å². The van der Waals surface area contributed by atoms with Crippen molar-refractivity contribution in [2.24, 2.45) is 0 Å². The van der Waals surface area contributed by atoms with Crippen LogP contribution in [0.3, 0.4) is 0 Å². The lowest BCUT2D eigenvalue weighted by Gasteiger charge is -2.46. The van der Waals surface area contributed by atoms with Crippen molar-refractivity contribution in [3.05, 3.63) is 156 Å². The van der Waals surface area contributed by atoms with Crippen LogP contribution in [0.4, 0.5) is 0 Å². The van der Waals surface area contributed by atoms with Gasteiger partial charge in [-0.2, -0.15) is 0 Å². The third kappa shape index (κ3) is 21.0. The molecule has 0 saturated carbocycles. The summed E-state index contributed by atoms with van der Waals surface area (Å²) < 4.78 is 48.8. The van der Waals surface area contributed by atoms with Gasteiger partial charge in [-0.15, -0.1) is 0 Å². The van der Waals surface area contributed by atoms with Crippen molar-refractivity contribution in [3.8, 4) is 22.3 Å². The molecule has 96 heavy (non-hydrogen) atoms. The van der Waals surface area contributed by atoms with Gasteiger partial charge in [-0.25, -0.2) is 9.59 Å². The lowest BCUT2D eigenvalue weighted by atomic mass is 9.88. The molecular formula is C66H80N6O22S2. The summed E-state index contributed by atoms with van der Waals surface area (Å²) in [4.78, 5) is 102. The molecule has 5 aromatic carbocycles. The molecule has 28 nitrogen and oxygen atoms in total. The first-order valence-electron chi connectivity index (χ1n) is 30.8. The standard InChI is InChI=1S/C66H80N6O22S2/c1-39(73)71-53-49(75)35-65(63(85)86,93-57(53)55(79)51(77)37-69-61(83)47-19-15-43(16-20-47)41-11-5-3-6-12-41)91-29-9-31-95(89)33-27-67-59(81)45-23-25-46(26-24-45)60(82)68-28-34-96(90)32-10-30-92-66(64(87)88)36-50(76)54(72-40(2)74)58(94-66)56(80)52(78)38-70-62(84)48-21-17-44(18-22-48)42-13-7-4-8-14-42/h3-8,11-26,49-58,75-80H,9-10,27-38H2,1-2H3,(H,67,81)(H,68,82)(H,69,83)(H,70,84)(H,71,73)(H,72,74)(H,85,86)(H,87,88)/t49-,50-,51+,52+,53+,54+,55+,56+,57+,58+,65+,66+,95?,96?/m0/s1. The topological polar surface area (TPSA) is 454 Å². The number of carboxylic acids is 2. The summed E-state index contributed by atoms with van der Waals surface area (Å²) in [5.74, 6) is -12.4. The quantitative estimate of drug-likeness (QED) is 0.0190. The van der Waals surface area contributed by atoms with Gasteiger partial charge in [0.1, 0.15) is 47.4 Å². The maximum absolute atomic E-state index is 13.0. The van der Waals surface area contributed by atoms with Gasteiger partial charge < -0.3 is 101 Å². The molecule has 0 aromatic heterocycles. The van der Waals surface area contributed by atoms with E-state index in [1.165, 1.54) is 24.3 Å². The molecule has 2 fully saturated rings. The Bertz CT molecular complexity index is 3180. The summed E-state index contributed by atoms with van der Waals surface area (Å²) in [6.45, 7) is 0.269. The Hall–Kier alpha value is -7.92. The molecule has 6 amide bonds. The van der Waals surface area contributed by atoms with Gasteiger partial charge in [0, 0.05) is 74.9 Å². The molecule has 0 spiro atoms. The second kappa shape index (κ2) is 35.9. The van der Waals surface area contributed by atoms with Crippen LogP contribution >= 0.6 is 0 Å². The number of carbonyl (C=O) groups is 8. The molecule has 7 rings (SSSR count). The minimum Gasteiger partial charge on any atom is -0.616 e. The summed E-state index contributed by atoms with van der Waals surface area (Å²) in [6.07, 6.45) is -15.9. The molecule has 14 N–H and O–H groups in total. The van der Waals surface area contributed by atoms with E-state index in [0.29, 0.717) is 0 Å². The number of carbonyl (C=O) groups excluding carboxylic acids is 6. The minimum absolute atomic E-state index is 0.00367. The number of ether oxygens (including phenoxy) is 4. The van der Waals surface area contributed by atoms with Crippen LogP contribution in [0.1, 0.15) is 81.0 Å². The smallest absolute Gasteiger partial charge is 0.364 e. The van der Waals surface area contributed by atoms with E-state index < -0.39 is 168 Å². The van der Waals surface area contributed by atoms with Crippen molar-refractivity contribution >= 4 is 69.7 Å². The summed E-state index contributed by atoms with van der Waals surface area (Å²) >= 11 is -3.15. The maximum Gasteiger partial charge on any atom is 0.364 e. The first-order chi connectivity index (χ1) is 45.8. The fourth-order valence-electron chi connectivity index (χ4n) is 10.7. The zero-order valence-electron chi connectivity index (χ0n) is 52.5. The molecule has 2 saturated heterocycles. The van der Waals surface area contributed by atoms with E-state index in [2.05, 4.69) is 31.9 Å². The molecule has 30 heteroatoms. The highest BCUT2D eigenvalue weighted by Crippen LogP contribution is 2.36. The van der Waals surface area contributed by atoms with Crippen LogP contribution in [-0.2, 0) is 60.5 Å². The molecule has 5 aromatic rings. The molecule has 0 aliphatic carbocycles. The number of aliphatic hydroxyl groups excluding tert-OH is 6. The van der Waals surface area contributed by atoms with Gasteiger partial charge in [-0.05, 0) is 70.8 Å². The van der Waals surface area contributed by atoms with Gasteiger partial charge in [0.05, 0.1) is 62.8 Å². The van der Waals surface area contributed by atoms with E-state index in [4.69, 9.17) is 18.9 Å². The fourth-order valence-corrected chi connectivity index (χ4v) is 12.7. The maximum atomic E-state index is 13.0. The van der Waals surface area contributed by atoms with Crippen molar-refractivity contribution in [2.45, 2.75) is 112 Å². The summed E-state index contributed by atoms with van der Waals surface area (Å²) in [7, 11) is 0. The van der Waals surface area contributed by atoms with Crippen molar-refractivity contribution in [2.75, 3.05) is 62.4 Å². The van der Waals surface area contributed by atoms with Crippen molar-refractivity contribution < 1.29 is 107 Å². The Morgan fingerprint density at radius 2 is 0.781 bits per heavy atom. The van der Waals surface area contributed by atoms with Gasteiger partial charge >= 0.3 is 11.9 Å². The summed E-state index contributed by atoms with van der Waals surface area (Å²) in [5, 5.41) is 103. The number of hydrogen-bond acceptors (Lipinski definition) is 20. The third-order valence-electron chi connectivity index (χ3n) is 15.8. The number of carboxylic acid groups (broad SMARTS) is 2. The van der Waals surface area contributed by atoms with E-state index in [9.17, 15) is 88.3 Å². The fraction of sp³-hybridized carbons (Fsp3) is 0.424. The van der Waals surface area contributed by atoms with Gasteiger partial charge in [0.2, 0.25) is 11.8 Å². The van der Waals surface area contributed by atoms with Crippen molar-refractivity contribution in [1.29, 1.82) is 0 Å². The van der Waals surface area contributed by atoms with Crippen LogP contribution in [0.5, 0.6) is 0 Å². The van der Waals surface area contributed by atoms with E-state index in [0.717, 1.165) is 36.1 Å². The average Bonchev–Trinajstić information content (AvgIpc) is 0.778. The van der Waals surface area contributed by atoms with Crippen LogP contribution < -0.4 is 31.9 Å². The second-order valence-corrected chi connectivity index (χ2v) is 26.3. The van der Waals surface area contributed by atoms with Crippen LogP contribution in [0.25, 0.3) is 22.3 Å². The Morgan fingerprint density at radius 1 is 0.479 bits per heavy atom. The Morgan fingerprint density at radius 3 is 1.09 bits per heavy atom. The minimum atomic E-state index is -2.60. The SMILES string of the molecule is CC(=O)N[C@H]1[C@H]([C@H](O)[C@H](O)CNC(=O)c2ccc(-c3ccccc3)cc2)O[C@@](OCCC[S+]([O-])CCNC(=O)c2ccc(C(=O)NCC[S+]([O-])CCCO[C@]3(C(=O)O)C[C@H](O)[C@@H](NC(C)=O)[C@H]([C@H](O)[C@H](O)CNC(=O)c4ccc(-c5ccccc5)cc4)O3)cc2)(C(=O)O)C[C@@H]1O. The molecular weight excluding hydrogens is 1290 g/mol. The predicted molar refractivity (Wildman–Crippen MR) is 347 cm³/mol. The number of hydrogen-bond donors (Lipinski definition) is 14. The second-order valence-electron chi connectivity index (χ2n) is 22.9. The number of amides is 6. The van der Waals surface area contributed by atoms with Gasteiger partial charge in [0.15, 0.2) is 0 Å². The van der Waals surface area contributed by atoms with Crippen molar-refractivity contribution in [3.63, 3.8) is 0 Å². The van der Waals surface area contributed by atoms with Gasteiger partial charge in [0.25, 0.3) is 35.2 Å². The highest BCUT2D eigenvalue weighted by molar-refractivity contribution is 7.91. The zero-order valence-corrected chi connectivity index (χ0v) is 54.1. The van der Waals surface area contributed by atoms with E-state index in [1.807, 2.05) is 60.7 Å². The highest BCUT2D eigenvalue weighted by Gasteiger charge is 2.57. The number of aliphatic hydroxyl groups is 6. The summed E-state index contributed by atoms with van der Waals surface area (Å²) in [5.41, 5.74) is 4.36. The highest BCUT2D eigenvalue weighted by atomic mass is 32.2. The average molecular weight is 1370 g/mol. The molecule has 0 bridgehead atoms. The van der Waals surface area contributed by atoms with E-state index >= 15 is 0 Å². The number of benzene rings is 5. The Balaban J connectivity index is 0.794. The Kier molecular flexibility index (Phi) is 28.2. The van der Waals surface area contributed by atoms with Crippen molar-refractivity contribution in [1.82, 2.24) is 31.9 Å². The Labute approximate surface area is 558 Å². The summed E-state index contributed by atoms with van der Waals surface area (Å²) in [6, 6.07) is 34.7. The monoisotopic (exact) mass is 1370 g/mol. The van der Waals surface area contributed by atoms with Crippen LogP contribution in [0.15, 0.2) is 133 Å². The third-order valence-corrected chi connectivity index (χ3v) is 18.6. The molecule has 518 valence electrons. The molecule has 2 unspecified atom stereocenters. The lowest BCUT2D eigenvalue weighted by molar-refractivity contribution is -0.310. The van der Waals surface area contributed by atoms with Crippen LogP contribution in [-0.4, -0.2) is 232 Å². The largest absolute Gasteiger partial charge is 0.616 e. The molecule has 2 aliphatic rings. The number of rotatable bonds is 34.